The second-order valence-corrected chi connectivity index (χ2v) is 6.38. The lowest BCUT2D eigenvalue weighted by Crippen LogP contribution is -2.51. The number of hydrogen-bond acceptors (Lipinski definition) is 2. The minimum Gasteiger partial charge on any atom is -0.354 e. The lowest BCUT2D eigenvalue weighted by atomic mass is 9.86. The van der Waals surface area contributed by atoms with E-state index in [-0.39, 0.29) is 17.4 Å². The van der Waals surface area contributed by atoms with E-state index >= 15 is 0 Å². The monoisotopic (exact) mass is 289 g/mol. The number of rotatable bonds is 2. The van der Waals surface area contributed by atoms with Crippen molar-refractivity contribution in [1.82, 2.24) is 10.6 Å². The summed E-state index contributed by atoms with van der Waals surface area (Å²) in [5, 5.41) is 8.34. The molecule has 114 valence electrons. The fraction of sp³-hybridized carbons (Fsp3) is 0.500. The molecule has 21 heavy (non-hydrogen) atoms. The van der Waals surface area contributed by atoms with Crippen molar-refractivity contribution in [2.45, 2.75) is 45.1 Å². The average Bonchev–Trinajstić information content (AvgIpc) is 2.41. The summed E-state index contributed by atoms with van der Waals surface area (Å²) in [4.78, 5) is 23.8. The second-order valence-electron chi connectivity index (χ2n) is 6.38. The lowest BCUT2D eigenvalue weighted by Gasteiger charge is -2.25. The zero-order chi connectivity index (χ0) is 15.5. The molecule has 1 aliphatic rings. The number of amides is 3. The Labute approximate surface area is 125 Å². The van der Waals surface area contributed by atoms with E-state index < -0.39 is 6.04 Å². The normalized spacial score (nSPS) is 18.8. The summed E-state index contributed by atoms with van der Waals surface area (Å²) >= 11 is 0. The van der Waals surface area contributed by atoms with E-state index in [1.165, 1.54) is 0 Å². The summed E-state index contributed by atoms with van der Waals surface area (Å²) in [6.45, 7) is 6.98. The molecular weight excluding hydrogens is 266 g/mol. The zero-order valence-electron chi connectivity index (χ0n) is 12.8. The van der Waals surface area contributed by atoms with E-state index in [9.17, 15) is 9.59 Å². The molecule has 1 atom stereocenters. The van der Waals surface area contributed by atoms with Crippen molar-refractivity contribution >= 4 is 17.6 Å². The minimum atomic E-state index is -0.444. The van der Waals surface area contributed by atoms with Gasteiger partial charge >= 0.3 is 6.03 Å². The molecule has 3 amide bonds. The van der Waals surface area contributed by atoms with Crippen molar-refractivity contribution < 1.29 is 9.59 Å². The Hall–Kier alpha value is -2.04. The number of para-hydroxylation sites is 1. The SMILES string of the molecule is CC(C)(C)c1ccccc1NC(=O)N[C@H]1CCCNC1=O. The highest BCUT2D eigenvalue weighted by atomic mass is 16.2. The first kappa shape index (κ1) is 15.4. The molecule has 1 aromatic carbocycles. The molecule has 5 nitrogen and oxygen atoms in total. The summed E-state index contributed by atoms with van der Waals surface area (Å²) in [6, 6.07) is 6.94. The van der Waals surface area contributed by atoms with Crippen LogP contribution in [0.25, 0.3) is 0 Å². The largest absolute Gasteiger partial charge is 0.354 e. The van der Waals surface area contributed by atoms with Crippen LogP contribution in [0.3, 0.4) is 0 Å². The molecule has 0 spiro atoms. The van der Waals surface area contributed by atoms with Gasteiger partial charge < -0.3 is 16.0 Å². The van der Waals surface area contributed by atoms with Crippen molar-refractivity contribution in [3.05, 3.63) is 29.8 Å². The van der Waals surface area contributed by atoms with Crippen molar-refractivity contribution in [2.75, 3.05) is 11.9 Å². The zero-order valence-corrected chi connectivity index (χ0v) is 12.8. The summed E-state index contributed by atoms with van der Waals surface area (Å²) in [6.07, 6.45) is 1.56. The van der Waals surface area contributed by atoms with Gasteiger partial charge in [-0.2, -0.15) is 0 Å². The minimum absolute atomic E-state index is 0.0634. The van der Waals surface area contributed by atoms with Gasteiger partial charge in [0.2, 0.25) is 5.91 Å². The number of carbonyl (C=O) groups is 2. The number of benzene rings is 1. The van der Waals surface area contributed by atoms with E-state index in [1.54, 1.807) is 0 Å². The van der Waals surface area contributed by atoms with Gasteiger partial charge in [-0.25, -0.2) is 4.79 Å². The first-order valence-corrected chi connectivity index (χ1v) is 7.32. The maximum Gasteiger partial charge on any atom is 0.319 e. The van der Waals surface area contributed by atoms with Crippen molar-refractivity contribution in [2.24, 2.45) is 0 Å². The van der Waals surface area contributed by atoms with Crippen LogP contribution >= 0.6 is 0 Å². The van der Waals surface area contributed by atoms with Crippen LogP contribution in [0.15, 0.2) is 24.3 Å². The number of piperidine rings is 1. The molecule has 1 aromatic rings. The topological polar surface area (TPSA) is 70.2 Å². The molecule has 3 N–H and O–H groups in total. The quantitative estimate of drug-likeness (QED) is 0.782. The van der Waals surface area contributed by atoms with Gasteiger partial charge in [0, 0.05) is 12.2 Å². The molecule has 0 radical (unpaired) electrons. The fourth-order valence-electron chi connectivity index (χ4n) is 2.47. The Morgan fingerprint density at radius 3 is 2.67 bits per heavy atom. The van der Waals surface area contributed by atoms with E-state index in [2.05, 4.69) is 36.7 Å². The Morgan fingerprint density at radius 2 is 2.00 bits per heavy atom. The molecule has 1 heterocycles. The Morgan fingerprint density at radius 1 is 1.29 bits per heavy atom. The van der Waals surface area contributed by atoms with Gasteiger partial charge in [-0.3, -0.25) is 4.79 Å². The van der Waals surface area contributed by atoms with Crippen LogP contribution in [0.2, 0.25) is 0 Å². The third kappa shape index (κ3) is 3.97. The lowest BCUT2D eigenvalue weighted by molar-refractivity contribution is -0.124. The van der Waals surface area contributed by atoms with Gasteiger partial charge in [0.25, 0.3) is 0 Å². The summed E-state index contributed by atoms with van der Waals surface area (Å²) < 4.78 is 0. The van der Waals surface area contributed by atoms with Crippen LogP contribution < -0.4 is 16.0 Å². The smallest absolute Gasteiger partial charge is 0.319 e. The molecule has 5 heteroatoms. The van der Waals surface area contributed by atoms with E-state index in [4.69, 9.17) is 0 Å². The molecular formula is C16H23N3O2. The van der Waals surface area contributed by atoms with Crippen LogP contribution in [-0.4, -0.2) is 24.5 Å². The fourth-order valence-corrected chi connectivity index (χ4v) is 2.47. The van der Waals surface area contributed by atoms with Crippen LogP contribution in [0.5, 0.6) is 0 Å². The molecule has 1 fully saturated rings. The number of hydrogen-bond donors (Lipinski definition) is 3. The molecule has 0 aliphatic carbocycles. The summed E-state index contributed by atoms with van der Waals surface area (Å²) in [5.74, 6) is -0.111. The third-order valence-corrected chi connectivity index (χ3v) is 3.57. The highest BCUT2D eigenvalue weighted by Gasteiger charge is 2.24. The predicted molar refractivity (Wildman–Crippen MR) is 83.3 cm³/mol. The molecule has 1 aliphatic heterocycles. The average molecular weight is 289 g/mol. The van der Waals surface area contributed by atoms with E-state index in [0.29, 0.717) is 13.0 Å². The highest BCUT2D eigenvalue weighted by molar-refractivity contribution is 5.94. The molecule has 0 saturated carbocycles. The number of urea groups is 1. The van der Waals surface area contributed by atoms with E-state index in [0.717, 1.165) is 17.7 Å². The predicted octanol–water partition coefficient (Wildman–Crippen LogP) is 2.38. The van der Waals surface area contributed by atoms with Gasteiger partial charge in [-0.15, -0.1) is 0 Å². The first-order valence-electron chi connectivity index (χ1n) is 7.32. The maximum absolute atomic E-state index is 12.1. The number of carbonyl (C=O) groups excluding carboxylic acids is 2. The highest BCUT2D eigenvalue weighted by Crippen LogP contribution is 2.29. The summed E-state index contributed by atoms with van der Waals surface area (Å²) in [7, 11) is 0. The number of nitrogens with one attached hydrogen (secondary N) is 3. The Kier molecular flexibility index (Phi) is 4.50. The van der Waals surface area contributed by atoms with Crippen LogP contribution in [0.4, 0.5) is 10.5 Å². The van der Waals surface area contributed by atoms with Crippen LogP contribution in [0, 0.1) is 0 Å². The van der Waals surface area contributed by atoms with Gasteiger partial charge in [0.15, 0.2) is 0 Å². The van der Waals surface area contributed by atoms with Crippen molar-refractivity contribution in [3.63, 3.8) is 0 Å². The maximum atomic E-state index is 12.1. The molecule has 0 aromatic heterocycles. The molecule has 1 saturated heterocycles. The molecule has 2 rings (SSSR count). The number of anilines is 1. The molecule has 0 bridgehead atoms. The Balaban J connectivity index is 2.05. The standard InChI is InChI=1S/C16H23N3O2/c1-16(2,3)11-7-4-5-8-12(11)18-15(21)19-13-9-6-10-17-14(13)20/h4-5,7-8,13H,6,9-10H2,1-3H3,(H,17,20)(H2,18,19,21)/t13-/m0/s1. The molecule has 0 unspecified atom stereocenters. The van der Waals surface area contributed by atoms with Crippen LogP contribution in [-0.2, 0) is 10.2 Å². The second kappa shape index (κ2) is 6.16. The third-order valence-electron chi connectivity index (χ3n) is 3.57. The van der Waals surface area contributed by atoms with Gasteiger partial charge in [0.05, 0.1) is 0 Å². The van der Waals surface area contributed by atoms with E-state index in [1.807, 2.05) is 24.3 Å². The van der Waals surface area contributed by atoms with Crippen LogP contribution in [0.1, 0.15) is 39.2 Å². The first-order chi connectivity index (χ1) is 9.88. The van der Waals surface area contributed by atoms with Gasteiger partial charge in [-0.1, -0.05) is 39.0 Å². The summed E-state index contributed by atoms with van der Waals surface area (Å²) in [5.41, 5.74) is 1.78. The van der Waals surface area contributed by atoms with Gasteiger partial charge in [0.1, 0.15) is 6.04 Å². The Bertz CT molecular complexity index is 535. The van der Waals surface area contributed by atoms with Crippen molar-refractivity contribution in [1.29, 1.82) is 0 Å². The van der Waals surface area contributed by atoms with Gasteiger partial charge in [-0.05, 0) is 29.9 Å². The van der Waals surface area contributed by atoms with Crippen molar-refractivity contribution in [3.8, 4) is 0 Å².